The number of allylic oxidation sites excluding steroid dienone is 1. The number of halogens is 2. The van der Waals surface area contributed by atoms with E-state index in [1.165, 1.54) is 17.4 Å². The molecule has 9 heteroatoms. The molecule has 0 unspecified atom stereocenters. The Bertz CT molecular complexity index is 1090. The number of carbonyl (C=O) groups excluding carboxylic acids is 1. The number of ether oxygens (including phenoxy) is 2. The smallest absolute Gasteiger partial charge is 0.233 e. The molecule has 3 heterocycles. The van der Waals surface area contributed by atoms with Crippen LogP contribution in [0.4, 0.5) is 10.3 Å². The quantitative estimate of drug-likeness (QED) is 0.518. The Morgan fingerprint density at radius 3 is 2.71 bits per heavy atom. The van der Waals surface area contributed by atoms with Gasteiger partial charge in [-0.15, -0.1) is 0 Å². The summed E-state index contributed by atoms with van der Waals surface area (Å²) in [4.78, 5) is 24.7. The van der Waals surface area contributed by atoms with Gasteiger partial charge in [0.15, 0.2) is 6.73 Å². The van der Waals surface area contributed by atoms with Crippen molar-refractivity contribution >= 4 is 23.5 Å². The van der Waals surface area contributed by atoms with Crippen LogP contribution in [-0.4, -0.2) is 47.2 Å². The van der Waals surface area contributed by atoms with Crippen molar-refractivity contribution in [1.29, 1.82) is 0 Å². The van der Waals surface area contributed by atoms with Gasteiger partial charge in [0, 0.05) is 25.4 Å². The first-order valence-electron chi connectivity index (χ1n) is 12.2. The molecular weight excluding hydrogens is 471 g/mol. The van der Waals surface area contributed by atoms with Crippen molar-refractivity contribution in [3.63, 3.8) is 0 Å². The van der Waals surface area contributed by atoms with Crippen LogP contribution in [0.2, 0.25) is 5.02 Å². The van der Waals surface area contributed by atoms with Crippen LogP contribution in [-0.2, 0) is 16.0 Å². The second-order valence-corrected chi connectivity index (χ2v) is 10.1. The summed E-state index contributed by atoms with van der Waals surface area (Å²) in [5, 5.41) is 0.557. The molecule has 186 valence electrons. The number of carbonyl (C=O) groups is 1. The largest absolute Gasteiger partial charge is 0.493 e. The van der Waals surface area contributed by atoms with Gasteiger partial charge in [-0.3, -0.25) is 9.69 Å². The molecule has 0 radical (unpaired) electrons. The van der Waals surface area contributed by atoms with Gasteiger partial charge in [-0.25, -0.2) is 14.4 Å². The lowest BCUT2D eigenvalue weighted by Gasteiger charge is -2.32. The monoisotopic (exact) mass is 500 g/mol. The first kappa shape index (κ1) is 23.9. The summed E-state index contributed by atoms with van der Waals surface area (Å²) in [6.07, 6.45) is 9.45. The van der Waals surface area contributed by atoms with E-state index >= 15 is 0 Å². The number of hydrogen-bond donors (Lipinski definition) is 0. The van der Waals surface area contributed by atoms with Crippen LogP contribution >= 0.6 is 11.6 Å². The number of benzene rings is 1. The molecule has 1 aliphatic carbocycles. The second-order valence-electron chi connectivity index (χ2n) is 9.63. The minimum Gasteiger partial charge on any atom is -0.493 e. The zero-order valence-electron chi connectivity index (χ0n) is 19.8. The molecule has 35 heavy (non-hydrogen) atoms. The molecule has 1 aromatic heterocycles. The zero-order valence-corrected chi connectivity index (χ0v) is 20.6. The number of piperidine rings is 1. The third-order valence-corrected chi connectivity index (χ3v) is 7.42. The fraction of sp³-hybridized carbons (Fsp3) is 0.500. The molecule has 5 rings (SSSR count). The molecule has 2 fully saturated rings. The zero-order chi connectivity index (χ0) is 24.4. The normalized spacial score (nSPS) is 22.1. The predicted octanol–water partition coefficient (Wildman–Crippen LogP) is 4.81. The van der Waals surface area contributed by atoms with Gasteiger partial charge in [0.2, 0.25) is 11.9 Å². The molecule has 0 N–H and O–H groups in total. The highest BCUT2D eigenvalue weighted by atomic mass is 35.5. The van der Waals surface area contributed by atoms with E-state index in [-0.39, 0.29) is 19.1 Å². The van der Waals surface area contributed by atoms with E-state index in [4.69, 9.17) is 21.1 Å². The van der Waals surface area contributed by atoms with Gasteiger partial charge < -0.3 is 14.4 Å². The van der Waals surface area contributed by atoms with Gasteiger partial charge in [-0.05, 0) is 62.0 Å². The Balaban J connectivity index is 1.03. The van der Waals surface area contributed by atoms with Crippen LogP contribution in [0.15, 0.2) is 42.6 Å². The summed E-state index contributed by atoms with van der Waals surface area (Å²) >= 11 is 5.89. The number of amides is 1. The maximum Gasteiger partial charge on any atom is 0.233 e. The third-order valence-electron chi connectivity index (χ3n) is 7.22. The van der Waals surface area contributed by atoms with Crippen molar-refractivity contribution in [3.05, 3.63) is 59.0 Å². The predicted molar refractivity (Wildman–Crippen MR) is 130 cm³/mol. The Morgan fingerprint density at radius 2 is 2.03 bits per heavy atom. The van der Waals surface area contributed by atoms with E-state index in [9.17, 15) is 9.18 Å². The van der Waals surface area contributed by atoms with Gasteiger partial charge in [-0.1, -0.05) is 17.7 Å². The molecule has 2 atom stereocenters. The molecule has 1 saturated heterocycles. The average Bonchev–Trinajstić information content (AvgIpc) is 3.50. The minimum absolute atomic E-state index is 0.00797. The van der Waals surface area contributed by atoms with Gasteiger partial charge >= 0.3 is 0 Å². The molecule has 7 nitrogen and oxygen atoms in total. The van der Waals surface area contributed by atoms with Crippen molar-refractivity contribution < 1.29 is 18.7 Å². The van der Waals surface area contributed by atoms with E-state index < -0.39 is 5.82 Å². The molecule has 0 bridgehead atoms. The highest BCUT2D eigenvalue weighted by Gasteiger charge is 2.43. The van der Waals surface area contributed by atoms with Crippen LogP contribution < -0.4 is 9.64 Å². The Labute approximate surface area is 209 Å². The van der Waals surface area contributed by atoms with Crippen LogP contribution in [0.5, 0.6) is 5.75 Å². The maximum absolute atomic E-state index is 14.5. The van der Waals surface area contributed by atoms with Gasteiger partial charge in [0.25, 0.3) is 0 Å². The summed E-state index contributed by atoms with van der Waals surface area (Å²) in [5.74, 6) is 3.50. The molecule has 3 aliphatic rings. The summed E-state index contributed by atoms with van der Waals surface area (Å²) in [6.45, 7) is 4.49. The Hall–Kier alpha value is -2.87. The van der Waals surface area contributed by atoms with Gasteiger partial charge in [0.1, 0.15) is 17.3 Å². The topological polar surface area (TPSA) is 67.8 Å². The van der Waals surface area contributed by atoms with E-state index in [0.29, 0.717) is 34.6 Å². The lowest BCUT2D eigenvalue weighted by atomic mass is 9.90. The third kappa shape index (κ3) is 5.86. The standard InChI is InChI=1S/C26H30ClFN4O3/c1-17-15-32(16-35-17)25(33)11-20-2-3-22(12-24(20)28)34-9-6-19-10-23(19)18-4-7-31(8-5-18)26-29-13-21(27)14-30-26/h2-3,12-15,18-19,23H,4-11,16H2,1H3/t19-,23-/m0/s1. The Kier molecular flexibility index (Phi) is 7.09. The highest BCUT2D eigenvalue weighted by molar-refractivity contribution is 6.30. The SMILES string of the molecule is CC1=CN(C(=O)Cc2ccc(OCC[C@H]3C[C@H]3C3CCN(c4ncc(Cl)cn4)CC3)cc2F)CO1. The molecular formula is C26H30ClFN4O3. The number of nitrogens with zero attached hydrogens (tertiary/aromatic N) is 4. The fourth-order valence-electron chi connectivity index (χ4n) is 5.14. The van der Waals surface area contributed by atoms with Crippen LogP contribution in [0.1, 0.15) is 38.2 Å². The second kappa shape index (κ2) is 10.4. The van der Waals surface area contributed by atoms with E-state index in [0.717, 1.165) is 50.1 Å². The average molecular weight is 501 g/mol. The number of anilines is 1. The van der Waals surface area contributed by atoms with Crippen molar-refractivity contribution in [1.82, 2.24) is 14.9 Å². The number of rotatable bonds is 8. The maximum atomic E-state index is 14.5. The lowest BCUT2D eigenvalue weighted by Crippen LogP contribution is -2.35. The van der Waals surface area contributed by atoms with Gasteiger partial charge in [-0.2, -0.15) is 0 Å². The molecule has 2 aliphatic heterocycles. The summed E-state index contributed by atoms with van der Waals surface area (Å²) in [7, 11) is 0. The molecule has 1 saturated carbocycles. The molecule has 1 aromatic carbocycles. The summed E-state index contributed by atoms with van der Waals surface area (Å²) < 4.78 is 25.6. The van der Waals surface area contributed by atoms with Gasteiger partial charge in [0.05, 0.1) is 30.4 Å². The van der Waals surface area contributed by atoms with E-state index in [2.05, 4.69) is 14.9 Å². The van der Waals surface area contributed by atoms with Crippen LogP contribution in [0.25, 0.3) is 0 Å². The Morgan fingerprint density at radius 1 is 1.26 bits per heavy atom. The number of aromatic nitrogens is 2. The highest BCUT2D eigenvalue weighted by Crippen LogP contribution is 2.49. The van der Waals surface area contributed by atoms with Crippen molar-refractivity contribution in [2.24, 2.45) is 17.8 Å². The minimum atomic E-state index is -0.419. The van der Waals surface area contributed by atoms with E-state index in [1.54, 1.807) is 37.7 Å². The molecule has 1 amide bonds. The first-order valence-corrected chi connectivity index (χ1v) is 12.6. The summed E-state index contributed by atoms with van der Waals surface area (Å²) in [6, 6.07) is 4.75. The van der Waals surface area contributed by atoms with Crippen molar-refractivity contribution in [2.45, 2.75) is 39.0 Å². The fourth-order valence-corrected chi connectivity index (χ4v) is 5.24. The summed E-state index contributed by atoms with van der Waals surface area (Å²) in [5.41, 5.74) is 0.359. The van der Waals surface area contributed by atoms with Crippen molar-refractivity contribution in [2.75, 3.05) is 31.3 Å². The van der Waals surface area contributed by atoms with E-state index in [1.807, 2.05) is 0 Å². The van der Waals surface area contributed by atoms with Crippen molar-refractivity contribution in [3.8, 4) is 5.75 Å². The lowest BCUT2D eigenvalue weighted by molar-refractivity contribution is -0.129. The number of hydrogen-bond acceptors (Lipinski definition) is 6. The van der Waals surface area contributed by atoms with Crippen LogP contribution in [0, 0.1) is 23.6 Å². The molecule has 2 aromatic rings. The molecule has 0 spiro atoms. The van der Waals surface area contributed by atoms with Crippen LogP contribution in [0.3, 0.4) is 0 Å². The first-order chi connectivity index (χ1) is 17.0.